The van der Waals surface area contributed by atoms with E-state index in [1.54, 1.807) is 35.9 Å². The summed E-state index contributed by atoms with van der Waals surface area (Å²) in [6.07, 6.45) is 1.56. The lowest BCUT2D eigenvalue weighted by Gasteiger charge is -2.37. The van der Waals surface area contributed by atoms with Gasteiger partial charge in [-0.25, -0.2) is 9.37 Å². The molecule has 3 heterocycles. The highest BCUT2D eigenvalue weighted by Crippen LogP contribution is 2.26. The number of halogens is 1. The number of carbonyl (C=O) groups is 2. The Kier molecular flexibility index (Phi) is 5.07. The lowest BCUT2D eigenvalue weighted by Crippen LogP contribution is -2.55. The van der Waals surface area contributed by atoms with Gasteiger partial charge in [0.2, 0.25) is 5.91 Å². The van der Waals surface area contributed by atoms with E-state index in [2.05, 4.69) is 10.3 Å². The van der Waals surface area contributed by atoms with Gasteiger partial charge in [0.1, 0.15) is 5.69 Å². The molecule has 0 aliphatic carbocycles. The standard InChI is InChI=1S/C19H16FN3O4S/c20-13-4-1-2-5-15(13)27-10-17(24)23-8-12(9-23)18(25)22-19-21-14(11-28-19)16-6-3-7-26-16/h1-7,11-12H,8-10H2,(H,21,22,25). The third-order valence-electron chi connectivity index (χ3n) is 4.30. The topological polar surface area (TPSA) is 84.7 Å². The highest BCUT2D eigenvalue weighted by Gasteiger charge is 2.36. The van der Waals surface area contributed by atoms with E-state index < -0.39 is 5.82 Å². The number of nitrogens with zero attached hydrogens (tertiary/aromatic N) is 2. The van der Waals surface area contributed by atoms with Crippen LogP contribution in [0.4, 0.5) is 9.52 Å². The molecule has 1 aliphatic heterocycles. The smallest absolute Gasteiger partial charge is 0.260 e. The van der Waals surface area contributed by atoms with Crippen LogP contribution in [0.15, 0.2) is 52.5 Å². The number of amides is 2. The number of furan rings is 1. The number of rotatable bonds is 6. The second kappa shape index (κ2) is 7.81. The lowest BCUT2D eigenvalue weighted by atomic mass is 9.99. The summed E-state index contributed by atoms with van der Waals surface area (Å²) in [7, 11) is 0. The molecule has 1 fully saturated rings. The highest BCUT2D eigenvalue weighted by atomic mass is 32.1. The first-order valence-corrected chi connectivity index (χ1v) is 9.43. The van der Waals surface area contributed by atoms with Gasteiger partial charge >= 0.3 is 0 Å². The molecule has 0 radical (unpaired) electrons. The third kappa shape index (κ3) is 3.89. The Morgan fingerprint density at radius 3 is 2.86 bits per heavy atom. The van der Waals surface area contributed by atoms with Crippen molar-refractivity contribution in [2.75, 3.05) is 25.0 Å². The van der Waals surface area contributed by atoms with E-state index >= 15 is 0 Å². The highest BCUT2D eigenvalue weighted by molar-refractivity contribution is 7.14. The van der Waals surface area contributed by atoms with Crippen LogP contribution in [0.25, 0.3) is 11.5 Å². The molecule has 1 aromatic carbocycles. The minimum absolute atomic E-state index is 0.0294. The zero-order chi connectivity index (χ0) is 19.5. The predicted octanol–water partition coefficient (Wildman–Crippen LogP) is 3.02. The Labute approximate surface area is 163 Å². The van der Waals surface area contributed by atoms with Crippen molar-refractivity contribution in [1.29, 1.82) is 0 Å². The summed E-state index contributed by atoms with van der Waals surface area (Å²) >= 11 is 1.30. The first-order valence-electron chi connectivity index (χ1n) is 8.55. The van der Waals surface area contributed by atoms with E-state index in [4.69, 9.17) is 9.15 Å². The van der Waals surface area contributed by atoms with Crippen molar-refractivity contribution in [3.63, 3.8) is 0 Å². The SMILES string of the molecule is O=C(Nc1nc(-c2ccco2)cs1)C1CN(C(=O)COc2ccccc2F)C1. The molecule has 0 unspecified atom stereocenters. The Morgan fingerprint density at radius 2 is 2.11 bits per heavy atom. The first-order chi connectivity index (χ1) is 13.6. The van der Waals surface area contributed by atoms with Crippen molar-refractivity contribution >= 4 is 28.3 Å². The molecule has 28 heavy (non-hydrogen) atoms. The fourth-order valence-corrected chi connectivity index (χ4v) is 3.42. The Morgan fingerprint density at radius 1 is 1.29 bits per heavy atom. The molecule has 4 rings (SSSR count). The summed E-state index contributed by atoms with van der Waals surface area (Å²) in [5.41, 5.74) is 0.654. The number of hydrogen-bond donors (Lipinski definition) is 1. The molecule has 0 spiro atoms. The van der Waals surface area contributed by atoms with Crippen molar-refractivity contribution in [3.8, 4) is 17.2 Å². The fourth-order valence-electron chi connectivity index (χ4n) is 2.72. The number of benzene rings is 1. The number of anilines is 1. The largest absolute Gasteiger partial charge is 0.481 e. The Hall–Kier alpha value is -3.20. The number of likely N-dealkylation sites (tertiary alicyclic amines) is 1. The molecular weight excluding hydrogens is 385 g/mol. The Bertz CT molecular complexity index is 983. The van der Waals surface area contributed by atoms with E-state index in [1.165, 1.54) is 28.4 Å². The third-order valence-corrected chi connectivity index (χ3v) is 5.06. The summed E-state index contributed by atoms with van der Waals surface area (Å²) in [6.45, 7) is 0.317. The van der Waals surface area contributed by atoms with Crippen LogP contribution in [0.5, 0.6) is 5.75 Å². The second-order valence-electron chi connectivity index (χ2n) is 6.22. The number of nitrogens with one attached hydrogen (secondary N) is 1. The maximum atomic E-state index is 13.5. The molecule has 3 aromatic rings. The number of ether oxygens (including phenoxy) is 1. The minimum Gasteiger partial charge on any atom is -0.481 e. The van der Waals surface area contributed by atoms with Gasteiger partial charge in [-0.05, 0) is 24.3 Å². The molecule has 2 aromatic heterocycles. The monoisotopic (exact) mass is 401 g/mol. The number of thiazole rings is 1. The maximum absolute atomic E-state index is 13.5. The van der Waals surface area contributed by atoms with Crippen LogP contribution in [0.1, 0.15) is 0 Å². The second-order valence-corrected chi connectivity index (χ2v) is 7.08. The van der Waals surface area contributed by atoms with Gasteiger partial charge in [-0.15, -0.1) is 11.3 Å². The lowest BCUT2D eigenvalue weighted by molar-refractivity contribution is -0.143. The molecule has 1 N–H and O–H groups in total. The van der Waals surface area contributed by atoms with Gasteiger partial charge < -0.3 is 19.4 Å². The van der Waals surface area contributed by atoms with Crippen LogP contribution in [-0.4, -0.2) is 41.4 Å². The van der Waals surface area contributed by atoms with E-state index in [1.807, 2.05) is 0 Å². The van der Waals surface area contributed by atoms with Crippen molar-refractivity contribution < 1.29 is 23.1 Å². The van der Waals surface area contributed by atoms with Crippen molar-refractivity contribution in [3.05, 3.63) is 53.9 Å². The first kappa shape index (κ1) is 18.2. The van der Waals surface area contributed by atoms with Gasteiger partial charge in [-0.2, -0.15) is 0 Å². The summed E-state index contributed by atoms with van der Waals surface area (Å²) in [5.74, 6) is -0.656. The normalized spacial score (nSPS) is 13.8. The quantitative estimate of drug-likeness (QED) is 0.686. The molecule has 1 saturated heterocycles. The summed E-state index contributed by atoms with van der Waals surface area (Å²) in [6, 6.07) is 9.45. The Balaban J connectivity index is 1.24. The summed E-state index contributed by atoms with van der Waals surface area (Å²) < 4.78 is 24.0. The summed E-state index contributed by atoms with van der Waals surface area (Å²) in [5, 5.41) is 5.03. The van der Waals surface area contributed by atoms with E-state index in [0.29, 0.717) is 29.7 Å². The molecule has 0 saturated carbocycles. The molecule has 2 amide bonds. The van der Waals surface area contributed by atoms with Gasteiger partial charge in [0.25, 0.3) is 5.91 Å². The van der Waals surface area contributed by atoms with Gasteiger partial charge in [-0.1, -0.05) is 12.1 Å². The summed E-state index contributed by atoms with van der Waals surface area (Å²) in [4.78, 5) is 30.2. The molecular formula is C19H16FN3O4S. The van der Waals surface area contributed by atoms with E-state index in [-0.39, 0.29) is 30.1 Å². The molecule has 144 valence electrons. The van der Waals surface area contributed by atoms with Crippen molar-refractivity contribution in [2.24, 2.45) is 5.92 Å². The van der Waals surface area contributed by atoms with Crippen LogP contribution in [0, 0.1) is 11.7 Å². The van der Waals surface area contributed by atoms with Crippen LogP contribution in [0.2, 0.25) is 0 Å². The van der Waals surface area contributed by atoms with Gasteiger partial charge in [0.05, 0.1) is 12.2 Å². The number of aromatic nitrogens is 1. The maximum Gasteiger partial charge on any atom is 0.260 e. The van der Waals surface area contributed by atoms with Crippen molar-refractivity contribution in [2.45, 2.75) is 0 Å². The molecule has 0 atom stereocenters. The van der Waals surface area contributed by atoms with E-state index in [0.717, 1.165) is 0 Å². The molecule has 1 aliphatic rings. The van der Waals surface area contributed by atoms with Crippen LogP contribution < -0.4 is 10.1 Å². The molecule has 0 bridgehead atoms. The fraction of sp³-hybridized carbons (Fsp3) is 0.211. The number of carbonyl (C=O) groups excluding carboxylic acids is 2. The van der Waals surface area contributed by atoms with Crippen molar-refractivity contribution in [1.82, 2.24) is 9.88 Å². The van der Waals surface area contributed by atoms with Gasteiger partial charge in [-0.3, -0.25) is 9.59 Å². The number of hydrogen-bond acceptors (Lipinski definition) is 6. The zero-order valence-corrected chi connectivity index (χ0v) is 15.4. The van der Waals surface area contributed by atoms with Gasteiger partial charge in [0, 0.05) is 18.5 Å². The number of para-hydroxylation sites is 1. The zero-order valence-electron chi connectivity index (χ0n) is 14.6. The average molecular weight is 401 g/mol. The van der Waals surface area contributed by atoms with Gasteiger partial charge in [0.15, 0.2) is 29.1 Å². The van der Waals surface area contributed by atoms with Crippen LogP contribution in [0.3, 0.4) is 0 Å². The van der Waals surface area contributed by atoms with E-state index in [9.17, 15) is 14.0 Å². The molecule has 7 nitrogen and oxygen atoms in total. The van der Waals surface area contributed by atoms with Crippen LogP contribution in [-0.2, 0) is 9.59 Å². The average Bonchev–Trinajstić information content (AvgIpc) is 3.31. The molecule has 9 heteroatoms. The minimum atomic E-state index is -0.520. The van der Waals surface area contributed by atoms with Crippen LogP contribution >= 0.6 is 11.3 Å². The predicted molar refractivity (Wildman–Crippen MR) is 100 cm³/mol.